The van der Waals surface area contributed by atoms with E-state index in [9.17, 15) is 17.6 Å². The maximum atomic E-state index is 13.3. The molecule has 0 bridgehead atoms. The van der Waals surface area contributed by atoms with Gasteiger partial charge in [0, 0.05) is 29.8 Å². The van der Waals surface area contributed by atoms with Crippen LogP contribution in [-0.2, 0) is 9.05 Å². The first-order valence-electron chi connectivity index (χ1n) is 5.26. The van der Waals surface area contributed by atoms with E-state index in [1.807, 2.05) is 6.92 Å². The van der Waals surface area contributed by atoms with E-state index in [0.29, 0.717) is 6.54 Å². The van der Waals surface area contributed by atoms with Gasteiger partial charge < -0.3 is 4.90 Å². The Labute approximate surface area is 110 Å². The van der Waals surface area contributed by atoms with E-state index in [-0.39, 0.29) is 5.56 Å². The molecule has 4 nitrogen and oxygen atoms in total. The highest BCUT2D eigenvalue weighted by Gasteiger charge is 2.17. The van der Waals surface area contributed by atoms with E-state index < -0.39 is 25.7 Å². The number of amides is 1. The van der Waals surface area contributed by atoms with Gasteiger partial charge in [0.1, 0.15) is 5.82 Å². The molecule has 0 saturated heterocycles. The zero-order valence-corrected chi connectivity index (χ0v) is 11.6. The van der Waals surface area contributed by atoms with Gasteiger partial charge in [-0.1, -0.05) is 6.92 Å². The molecule has 1 aromatic rings. The molecule has 0 heterocycles. The third-order valence-corrected chi connectivity index (χ3v) is 3.64. The molecule has 0 aliphatic heterocycles. The molecule has 0 saturated carbocycles. The predicted molar refractivity (Wildman–Crippen MR) is 66.7 cm³/mol. The highest BCUT2D eigenvalue weighted by atomic mass is 35.7. The summed E-state index contributed by atoms with van der Waals surface area (Å²) in [6.45, 7) is 2.39. The molecule has 0 fully saturated rings. The molecule has 0 atom stereocenters. The first-order chi connectivity index (χ1) is 8.25. The van der Waals surface area contributed by atoms with Gasteiger partial charge in [-0.15, -0.1) is 0 Å². The summed E-state index contributed by atoms with van der Waals surface area (Å²) >= 11 is 0. The lowest BCUT2D eigenvalue weighted by molar-refractivity contribution is 0.0794. The highest BCUT2D eigenvalue weighted by molar-refractivity contribution is 8.13. The van der Waals surface area contributed by atoms with Crippen molar-refractivity contribution in [2.45, 2.75) is 18.2 Å². The van der Waals surface area contributed by atoms with Crippen LogP contribution >= 0.6 is 10.7 Å². The fraction of sp³-hybridized carbons (Fsp3) is 0.364. The number of benzene rings is 1. The minimum atomic E-state index is -4.06. The minimum absolute atomic E-state index is 0.0369. The number of nitrogens with zero attached hydrogens (tertiary/aromatic N) is 1. The SMILES string of the molecule is CCCN(C)C(=O)c1cc(F)cc(S(=O)(=O)Cl)c1. The standard InChI is InChI=1S/C11H13ClFNO3S/c1-3-4-14(2)11(15)8-5-9(13)7-10(6-8)18(12,16)17/h5-7H,3-4H2,1-2H3. The van der Waals surface area contributed by atoms with Gasteiger partial charge in [-0.25, -0.2) is 12.8 Å². The molecule has 0 spiro atoms. The second kappa shape index (κ2) is 5.67. The number of rotatable bonds is 4. The average Bonchev–Trinajstić information content (AvgIpc) is 2.26. The second-order valence-corrected chi connectivity index (χ2v) is 6.41. The quantitative estimate of drug-likeness (QED) is 0.800. The van der Waals surface area contributed by atoms with Crippen LogP contribution in [-0.4, -0.2) is 32.8 Å². The van der Waals surface area contributed by atoms with Gasteiger partial charge in [0.15, 0.2) is 0 Å². The van der Waals surface area contributed by atoms with E-state index in [1.165, 1.54) is 4.90 Å². The second-order valence-electron chi connectivity index (χ2n) is 3.84. The van der Waals surface area contributed by atoms with Gasteiger partial charge in [-0.05, 0) is 24.6 Å². The highest BCUT2D eigenvalue weighted by Crippen LogP contribution is 2.19. The Morgan fingerprint density at radius 2 is 2.00 bits per heavy atom. The van der Waals surface area contributed by atoms with Crippen LogP contribution in [0.3, 0.4) is 0 Å². The van der Waals surface area contributed by atoms with Crippen molar-refractivity contribution in [2.75, 3.05) is 13.6 Å². The third kappa shape index (κ3) is 3.68. The summed E-state index contributed by atoms with van der Waals surface area (Å²) < 4.78 is 35.5. The molecule has 1 aromatic carbocycles. The molecule has 18 heavy (non-hydrogen) atoms. The van der Waals surface area contributed by atoms with Crippen LogP contribution in [0.4, 0.5) is 4.39 Å². The maximum Gasteiger partial charge on any atom is 0.261 e. The molecule has 1 rings (SSSR count). The zero-order chi connectivity index (χ0) is 13.9. The van der Waals surface area contributed by atoms with E-state index in [1.54, 1.807) is 7.05 Å². The van der Waals surface area contributed by atoms with Crippen molar-refractivity contribution < 1.29 is 17.6 Å². The van der Waals surface area contributed by atoms with Gasteiger partial charge in [0.25, 0.3) is 15.0 Å². The monoisotopic (exact) mass is 293 g/mol. The number of halogens is 2. The molecule has 0 N–H and O–H groups in total. The van der Waals surface area contributed by atoms with Crippen molar-refractivity contribution in [3.63, 3.8) is 0 Å². The first-order valence-corrected chi connectivity index (χ1v) is 7.57. The summed E-state index contributed by atoms with van der Waals surface area (Å²) in [5.74, 6) is -1.26. The molecule has 100 valence electrons. The van der Waals surface area contributed by atoms with Crippen LogP contribution in [0.25, 0.3) is 0 Å². The van der Waals surface area contributed by atoms with Gasteiger partial charge in [0.2, 0.25) is 0 Å². The van der Waals surface area contributed by atoms with Gasteiger partial charge in [-0.3, -0.25) is 4.79 Å². The number of hydrogen-bond acceptors (Lipinski definition) is 3. The Morgan fingerprint density at radius 3 is 2.50 bits per heavy atom. The molecule has 0 radical (unpaired) electrons. The normalized spacial score (nSPS) is 11.3. The van der Waals surface area contributed by atoms with Crippen molar-refractivity contribution in [3.05, 3.63) is 29.6 Å². The van der Waals surface area contributed by atoms with Gasteiger partial charge in [-0.2, -0.15) is 0 Å². The Balaban J connectivity index is 3.19. The summed E-state index contributed by atoms with van der Waals surface area (Å²) in [5.41, 5.74) is -0.0369. The van der Waals surface area contributed by atoms with Crippen molar-refractivity contribution in [2.24, 2.45) is 0 Å². The molecule has 0 unspecified atom stereocenters. The summed E-state index contributed by atoms with van der Waals surface area (Å²) in [5, 5.41) is 0. The summed E-state index contributed by atoms with van der Waals surface area (Å²) in [6, 6.07) is 2.83. The van der Waals surface area contributed by atoms with Crippen LogP contribution in [0.1, 0.15) is 23.7 Å². The summed E-state index contributed by atoms with van der Waals surface area (Å²) in [7, 11) is 2.63. The molecule has 0 aromatic heterocycles. The first kappa shape index (κ1) is 14.9. The van der Waals surface area contributed by atoms with Gasteiger partial charge >= 0.3 is 0 Å². The zero-order valence-electron chi connectivity index (χ0n) is 9.98. The van der Waals surface area contributed by atoms with Crippen LogP contribution in [0.5, 0.6) is 0 Å². The van der Waals surface area contributed by atoms with Crippen LogP contribution < -0.4 is 0 Å². The van der Waals surface area contributed by atoms with E-state index in [4.69, 9.17) is 10.7 Å². The van der Waals surface area contributed by atoms with Gasteiger partial charge in [0.05, 0.1) is 4.90 Å². The predicted octanol–water partition coefficient (Wildman–Crippen LogP) is 2.24. The number of carbonyl (C=O) groups excluding carboxylic acids is 1. The largest absolute Gasteiger partial charge is 0.342 e. The van der Waals surface area contributed by atoms with Crippen molar-refractivity contribution in [3.8, 4) is 0 Å². The fourth-order valence-corrected chi connectivity index (χ4v) is 2.27. The molecule has 7 heteroatoms. The minimum Gasteiger partial charge on any atom is -0.342 e. The van der Waals surface area contributed by atoms with E-state index >= 15 is 0 Å². The summed E-state index contributed by atoms with van der Waals surface area (Å²) in [4.78, 5) is 12.9. The Hall–Kier alpha value is -1.14. The van der Waals surface area contributed by atoms with Crippen LogP contribution in [0.15, 0.2) is 23.1 Å². The Morgan fingerprint density at radius 1 is 1.39 bits per heavy atom. The maximum absolute atomic E-state index is 13.3. The smallest absolute Gasteiger partial charge is 0.261 e. The lowest BCUT2D eigenvalue weighted by Gasteiger charge is -2.16. The molecule has 1 amide bonds. The average molecular weight is 294 g/mol. The molecular formula is C11H13ClFNO3S. The van der Waals surface area contributed by atoms with E-state index in [2.05, 4.69) is 0 Å². The van der Waals surface area contributed by atoms with Crippen LogP contribution in [0, 0.1) is 5.82 Å². The van der Waals surface area contributed by atoms with Crippen molar-refractivity contribution in [1.82, 2.24) is 4.90 Å². The molecule has 0 aliphatic carbocycles. The van der Waals surface area contributed by atoms with Crippen molar-refractivity contribution in [1.29, 1.82) is 0 Å². The lowest BCUT2D eigenvalue weighted by atomic mass is 10.2. The Bertz CT molecular complexity index is 559. The topological polar surface area (TPSA) is 54.5 Å². The third-order valence-electron chi connectivity index (χ3n) is 2.31. The molecule has 0 aliphatic rings. The van der Waals surface area contributed by atoms with E-state index in [0.717, 1.165) is 24.6 Å². The van der Waals surface area contributed by atoms with Crippen LogP contribution in [0.2, 0.25) is 0 Å². The lowest BCUT2D eigenvalue weighted by Crippen LogP contribution is -2.27. The fourth-order valence-electron chi connectivity index (χ4n) is 1.48. The number of carbonyl (C=O) groups is 1. The van der Waals surface area contributed by atoms with Crippen molar-refractivity contribution >= 4 is 25.6 Å². The number of hydrogen-bond donors (Lipinski definition) is 0. The Kier molecular flexibility index (Phi) is 4.70. The summed E-state index contributed by atoms with van der Waals surface area (Å²) in [6.07, 6.45) is 0.748. The molecular weight excluding hydrogens is 281 g/mol.